The molecule has 140 valence electrons. The van der Waals surface area contributed by atoms with Crippen molar-refractivity contribution in [3.8, 4) is 0 Å². The Morgan fingerprint density at radius 1 is 1.46 bits per heavy atom. The molecule has 3 aliphatic heterocycles. The third kappa shape index (κ3) is 3.21. The van der Waals surface area contributed by atoms with Gasteiger partial charge in [0.1, 0.15) is 11.5 Å². The van der Waals surface area contributed by atoms with Crippen LogP contribution in [0.4, 0.5) is 0 Å². The molecule has 2 unspecified atom stereocenters. The zero-order chi connectivity index (χ0) is 18.1. The van der Waals surface area contributed by atoms with Gasteiger partial charge in [0.2, 0.25) is 0 Å². The van der Waals surface area contributed by atoms with Crippen molar-refractivity contribution >= 4 is 17.5 Å². The quantitative estimate of drug-likeness (QED) is 0.871. The zero-order valence-electron chi connectivity index (χ0n) is 14.8. The van der Waals surface area contributed by atoms with Crippen molar-refractivity contribution in [2.75, 3.05) is 26.2 Å². The summed E-state index contributed by atoms with van der Waals surface area (Å²) in [6.07, 6.45) is 4.68. The number of carbonyl (C=O) groups is 2. The van der Waals surface area contributed by atoms with Crippen LogP contribution < -0.4 is 5.32 Å². The number of ether oxygens (including phenoxy) is 1. The van der Waals surface area contributed by atoms with Crippen LogP contribution in [0.15, 0.2) is 21.9 Å². The largest absolute Gasteiger partial charge is 0.469 e. The van der Waals surface area contributed by atoms with Gasteiger partial charge in [-0.25, -0.2) is 0 Å². The molecule has 2 amide bonds. The Morgan fingerprint density at radius 2 is 2.35 bits per heavy atom. The van der Waals surface area contributed by atoms with Gasteiger partial charge < -0.3 is 24.2 Å². The topological polar surface area (TPSA) is 93.4 Å². The van der Waals surface area contributed by atoms with E-state index in [0.717, 1.165) is 19.4 Å². The summed E-state index contributed by atoms with van der Waals surface area (Å²) in [7, 11) is 0. The van der Waals surface area contributed by atoms with Crippen LogP contribution in [-0.2, 0) is 14.4 Å². The Morgan fingerprint density at radius 3 is 3.08 bits per heavy atom. The Labute approximate surface area is 151 Å². The average molecular weight is 361 g/mol. The summed E-state index contributed by atoms with van der Waals surface area (Å²) in [4.78, 5) is 32.3. The number of oxime groups is 1. The molecule has 0 saturated carbocycles. The maximum atomic E-state index is 12.6. The van der Waals surface area contributed by atoms with E-state index in [-0.39, 0.29) is 17.9 Å². The lowest BCUT2D eigenvalue weighted by atomic mass is 9.96. The predicted molar refractivity (Wildman–Crippen MR) is 91.8 cm³/mol. The van der Waals surface area contributed by atoms with Crippen molar-refractivity contribution < 1.29 is 23.6 Å². The zero-order valence-corrected chi connectivity index (χ0v) is 14.8. The molecule has 8 heteroatoms. The Kier molecular flexibility index (Phi) is 4.44. The number of carbonyl (C=O) groups excluding carboxylic acids is 2. The summed E-state index contributed by atoms with van der Waals surface area (Å²) in [6, 6.07) is 1.68. The smallest absolute Gasteiger partial charge is 0.269 e. The Bertz CT molecular complexity index is 737. The number of hydrogen-bond acceptors (Lipinski definition) is 6. The van der Waals surface area contributed by atoms with E-state index in [9.17, 15) is 9.59 Å². The third-order valence-corrected chi connectivity index (χ3v) is 5.31. The lowest BCUT2D eigenvalue weighted by Gasteiger charge is -2.21. The molecule has 2 fully saturated rings. The van der Waals surface area contributed by atoms with E-state index in [1.807, 2.05) is 0 Å². The highest BCUT2D eigenvalue weighted by atomic mass is 16.7. The molecular formula is C18H23N3O5. The van der Waals surface area contributed by atoms with Crippen LogP contribution >= 0.6 is 0 Å². The van der Waals surface area contributed by atoms with E-state index in [2.05, 4.69) is 10.5 Å². The van der Waals surface area contributed by atoms with Crippen LogP contribution in [0.2, 0.25) is 0 Å². The minimum Gasteiger partial charge on any atom is -0.469 e. The summed E-state index contributed by atoms with van der Waals surface area (Å²) in [5.41, 5.74) is 0.358. The van der Waals surface area contributed by atoms with Gasteiger partial charge in [-0.3, -0.25) is 9.59 Å². The van der Waals surface area contributed by atoms with Gasteiger partial charge in [-0.2, -0.15) is 0 Å². The van der Waals surface area contributed by atoms with E-state index in [1.165, 1.54) is 6.26 Å². The van der Waals surface area contributed by atoms with Crippen molar-refractivity contribution in [2.24, 2.45) is 5.16 Å². The van der Waals surface area contributed by atoms with Gasteiger partial charge in [0.25, 0.3) is 11.8 Å². The van der Waals surface area contributed by atoms with Gasteiger partial charge in [0, 0.05) is 32.5 Å². The molecule has 1 spiro atoms. The van der Waals surface area contributed by atoms with Crippen molar-refractivity contribution in [3.63, 3.8) is 0 Å². The number of rotatable bonds is 4. The van der Waals surface area contributed by atoms with Crippen molar-refractivity contribution in [3.05, 3.63) is 23.7 Å². The monoisotopic (exact) mass is 361 g/mol. The molecule has 3 aliphatic rings. The van der Waals surface area contributed by atoms with Crippen LogP contribution in [-0.4, -0.2) is 60.4 Å². The number of furan rings is 1. The second kappa shape index (κ2) is 6.75. The fourth-order valence-corrected chi connectivity index (χ4v) is 3.77. The van der Waals surface area contributed by atoms with Gasteiger partial charge in [-0.1, -0.05) is 5.16 Å². The maximum absolute atomic E-state index is 12.6. The van der Waals surface area contributed by atoms with Crippen molar-refractivity contribution in [1.29, 1.82) is 0 Å². The lowest BCUT2D eigenvalue weighted by molar-refractivity contribution is -0.115. The fraction of sp³-hybridized carbons (Fsp3) is 0.611. The highest BCUT2D eigenvalue weighted by molar-refractivity contribution is 6.39. The lowest BCUT2D eigenvalue weighted by Crippen LogP contribution is -2.40. The van der Waals surface area contributed by atoms with Crippen molar-refractivity contribution in [1.82, 2.24) is 10.2 Å². The van der Waals surface area contributed by atoms with Gasteiger partial charge in [-0.15, -0.1) is 0 Å². The van der Waals surface area contributed by atoms with Crippen LogP contribution in [0.5, 0.6) is 0 Å². The summed E-state index contributed by atoms with van der Waals surface area (Å²) < 4.78 is 10.7. The van der Waals surface area contributed by atoms with Gasteiger partial charge in [-0.05, 0) is 25.8 Å². The number of likely N-dealkylation sites (tertiary alicyclic amines) is 1. The SMILES string of the molecule is Cc1occc1C(=O)N1CCC2(CC(C(=O)NCC3CCCO3)=NO2)C1. The van der Waals surface area contributed by atoms with E-state index in [4.69, 9.17) is 14.0 Å². The highest BCUT2D eigenvalue weighted by Gasteiger charge is 2.48. The molecular weight excluding hydrogens is 338 g/mol. The number of hydrogen-bond donors (Lipinski definition) is 1. The second-order valence-electron chi connectivity index (χ2n) is 7.20. The molecule has 4 rings (SSSR count). The van der Waals surface area contributed by atoms with Crippen LogP contribution in [0, 0.1) is 6.92 Å². The third-order valence-electron chi connectivity index (χ3n) is 5.31. The van der Waals surface area contributed by atoms with E-state index < -0.39 is 5.60 Å². The first-order chi connectivity index (χ1) is 12.6. The molecule has 1 aromatic rings. The molecule has 1 aromatic heterocycles. The van der Waals surface area contributed by atoms with Gasteiger partial charge in [0.05, 0.1) is 24.5 Å². The van der Waals surface area contributed by atoms with E-state index in [1.54, 1.807) is 17.9 Å². The standard InChI is InChI=1S/C18H23N3O5/c1-12-14(4-8-24-12)17(23)21-6-5-18(11-21)9-15(20-26-18)16(22)19-10-13-3-2-7-25-13/h4,8,13H,2-3,5-7,9-11H2,1H3,(H,19,22). The molecule has 0 radical (unpaired) electrons. The molecule has 8 nitrogen and oxygen atoms in total. The minimum atomic E-state index is -0.593. The van der Waals surface area contributed by atoms with Crippen LogP contribution in [0.1, 0.15) is 41.8 Å². The first kappa shape index (κ1) is 17.1. The van der Waals surface area contributed by atoms with Crippen molar-refractivity contribution in [2.45, 2.75) is 44.3 Å². The maximum Gasteiger partial charge on any atom is 0.269 e. The van der Waals surface area contributed by atoms with E-state index >= 15 is 0 Å². The molecule has 1 N–H and O–H groups in total. The molecule has 0 aliphatic carbocycles. The van der Waals surface area contributed by atoms with Gasteiger partial charge in [0.15, 0.2) is 5.60 Å². The highest BCUT2D eigenvalue weighted by Crippen LogP contribution is 2.34. The molecule has 0 bridgehead atoms. The molecule has 2 atom stereocenters. The molecule has 2 saturated heterocycles. The Balaban J connectivity index is 1.32. The van der Waals surface area contributed by atoms with E-state index in [0.29, 0.717) is 49.5 Å². The summed E-state index contributed by atoms with van der Waals surface area (Å²) in [5, 5.41) is 6.87. The average Bonchev–Trinajstić information content (AvgIpc) is 3.42. The summed E-state index contributed by atoms with van der Waals surface area (Å²) in [6.45, 7) is 4.01. The fourth-order valence-electron chi connectivity index (χ4n) is 3.77. The molecule has 0 aromatic carbocycles. The predicted octanol–water partition coefficient (Wildman–Crippen LogP) is 1.24. The number of aryl methyl sites for hydroxylation is 1. The molecule has 26 heavy (non-hydrogen) atoms. The second-order valence-corrected chi connectivity index (χ2v) is 7.20. The van der Waals surface area contributed by atoms with Crippen LogP contribution in [0.25, 0.3) is 0 Å². The first-order valence-electron chi connectivity index (χ1n) is 9.05. The number of nitrogens with one attached hydrogen (secondary N) is 1. The number of nitrogens with zero attached hydrogens (tertiary/aromatic N) is 2. The molecule has 4 heterocycles. The van der Waals surface area contributed by atoms with Gasteiger partial charge >= 0.3 is 0 Å². The normalized spacial score (nSPS) is 27.7. The van der Waals surface area contributed by atoms with Crippen LogP contribution in [0.3, 0.4) is 0 Å². The summed E-state index contributed by atoms with van der Waals surface area (Å²) in [5.74, 6) is 0.314. The first-order valence-corrected chi connectivity index (χ1v) is 9.05. The Hall–Kier alpha value is -2.35. The summed E-state index contributed by atoms with van der Waals surface area (Å²) >= 11 is 0. The number of amides is 2. The minimum absolute atomic E-state index is 0.0759.